The molecule has 0 bridgehead atoms. The second-order valence-electron chi connectivity index (χ2n) is 3.74. The third-order valence-corrected chi connectivity index (χ3v) is 4.19. The van der Waals surface area contributed by atoms with E-state index in [9.17, 15) is 27.3 Å². The molecule has 118 valence electrons. The van der Waals surface area contributed by atoms with Crippen LogP contribution in [0.4, 0.5) is 14.5 Å². The molecule has 1 aromatic rings. The number of hydrogen-bond acceptors (Lipinski definition) is 5. The first-order valence-electron chi connectivity index (χ1n) is 4.95. The lowest BCUT2D eigenvalue weighted by Crippen LogP contribution is -2.32. The molecule has 1 aromatic carbocycles. The standard InChI is InChI=1S/C9H6Cl3F2NO5S/c1-4-2-6(20-9(13,14)8(10)11)5(15(16)17)3-7(4)21(12,18)19/h2-3,8H,1H3. The average molecular weight is 385 g/mol. The third kappa shape index (κ3) is 4.29. The van der Waals surface area contributed by atoms with E-state index in [0.717, 1.165) is 6.07 Å². The molecule has 21 heavy (non-hydrogen) atoms. The molecule has 0 fully saturated rings. The molecular formula is C9H6Cl3F2NO5S. The Morgan fingerprint density at radius 1 is 1.38 bits per heavy atom. The van der Waals surface area contributed by atoms with E-state index in [1.807, 2.05) is 0 Å². The number of nitrogens with zero attached hydrogens (tertiary/aromatic N) is 1. The quantitative estimate of drug-likeness (QED) is 0.335. The van der Waals surface area contributed by atoms with Crippen LogP contribution in [-0.2, 0) is 9.05 Å². The zero-order valence-electron chi connectivity index (χ0n) is 10.0. The lowest BCUT2D eigenvalue weighted by Gasteiger charge is -2.19. The van der Waals surface area contributed by atoms with Gasteiger partial charge in [-0.15, -0.1) is 0 Å². The van der Waals surface area contributed by atoms with Crippen molar-refractivity contribution < 1.29 is 26.9 Å². The zero-order chi connectivity index (χ0) is 16.6. The Bertz CT molecular complexity index is 680. The van der Waals surface area contributed by atoms with Gasteiger partial charge in [0, 0.05) is 16.7 Å². The molecule has 0 heterocycles. The molecule has 0 unspecified atom stereocenters. The van der Waals surface area contributed by atoms with Gasteiger partial charge in [0.2, 0.25) is 10.6 Å². The maximum absolute atomic E-state index is 13.3. The zero-order valence-corrected chi connectivity index (χ0v) is 13.1. The van der Waals surface area contributed by atoms with Crippen LogP contribution in [0.3, 0.4) is 0 Å². The highest BCUT2D eigenvalue weighted by molar-refractivity contribution is 8.13. The van der Waals surface area contributed by atoms with Crippen molar-refractivity contribution in [3.63, 3.8) is 0 Å². The van der Waals surface area contributed by atoms with Gasteiger partial charge < -0.3 is 4.74 Å². The number of ether oxygens (including phenoxy) is 1. The summed E-state index contributed by atoms with van der Waals surface area (Å²) in [5.74, 6) is -0.891. The molecule has 0 saturated heterocycles. The van der Waals surface area contributed by atoms with Crippen LogP contribution in [0.15, 0.2) is 17.0 Å². The summed E-state index contributed by atoms with van der Waals surface area (Å²) < 4.78 is 53.2. The molecule has 0 aliphatic carbocycles. The second kappa shape index (κ2) is 6.07. The predicted molar refractivity (Wildman–Crippen MR) is 71.9 cm³/mol. The highest BCUT2D eigenvalue weighted by Crippen LogP contribution is 2.38. The van der Waals surface area contributed by atoms with Gasteiger partial charge in [0.25, 0.3) is 9.05 Å². The highest BCUT2D eigenvalue weighted by atomic mass is 35.7. The van der Waals surface area contributed by atoms with E-state index >= 15 is 0 Å². The van der Waals surface area contributed by atoms with Crippen molar-refractivity contribution in [2.24, 2.45) is 0 Å². The van der Waals surface area contributed by atoms with E-state index < -0.39 is 41.3 Å². The van der Waals surface area contributed by atoms with Gasteiger partial charge in [-0.25, -0.2) is 8.42 Å². The number of halogens is 5. The lowest BCUT2D eigenvalue weighted by atomic mass is 10.2. The number of nitro benzene ring substituents is 1. The van der Waals surface area contributed by atoms with E-state index in [1.165, 1.54) is 6.92 Å². The fourth-order valence-corrected chi connectivity index (χ4v) is 2.61. The summed E-state index contributed by atoms with van der Waals surface area (Å²) in [5.41, 5.74) is -1.14. The minimum Gasteiger partial charge on any atom is -0.423 e. The van der Waals surface area contributed by atoms with Crippen molar-refractivity contribution in [3.05, 3.63) is 27.8 Å². The molecule has 6 nitrogen and oxygen atoms in total. The van der Waals surface area contributed by atoms with Crippen molar-refractivity contribution in [3.8, 4) is 5.75 Å². The topological polar surface area (TPSA) is 86.5 Å². The Hall–Kier alpha value is -0.900. The molecule has 0 aromatic heterocycles. The van der Waals surface area contributed by atoms with Crippen LogP contribution in [0.5, 0.6) is 5.75 Å². The van der Waals surface area contributed by atoms with Crippen LogP contribution in [0.25, 0.3) is 0 Å². The van der Waals surface area contributed by atoms with Gasteiger partial charge in [0.1, 0.15) is 0 Å². The second-order valence-corrected chi connectivity index (χ2v) is 7.38. The molecule has 0 amide bonds. The Labute approximate surface area is 132 Å². The maximum Gasteiger partial charge on any atom is 0.429 e. The van der Waals surface area contributed by atoms with Crippen molar-refractivity contribution in [1.82, 2.24) is 0 Å². The van der Waals surface area contributed by atoms with Crippen molar-refractivity contribution in [1.29, 1.82) is 0 Å². The molecule has 1 rings (SSSR count). The lowest BCUT2D eigenvalue weighted by molar-refractivity contribution is -0.387. The first kappa shape index (κ1) is 18.1. The predicted octanol–water partition coefficient (Wildman–Crippen LogP) is 3.61. The van der Waals surface area contributed by atoms with E-state index in [-0.39, 0.29) is 5.56 Å². The normalized spacial score (nSPS) is 12.5. The van der Waals surface area contributed by atoms with Gasteiger partial charge in [-0.2, -0.15) is 8.78 Å². The number of hydrogen-bond donors (Lipinski definition) is 0. The smallest absolute Gasteiger partial charge is 0.423 e. The molecule has 0 atom stereocenters. The van der Waals surface area contributed by atoms with Gasteiger partial charge in [-0.05, 0) is 18.6 Å². The molecule has 0 spiro atoms. The van der Waals surface area contributed by atoms with Crippen LogP contribution < -0.4 is 4.74 Å². The van der Waals surface area contributed by atoms with Gasteiger partial charge in [0.05, 0.1) is 9.82 Å². The molecule has 0 aliphatic heterocycles. The van der Waals surface area contributed by atoms with Gasteiger partial charge >= 0.3 is 11.8 Å². The average Bonchev–Trinajstić information content (AvgIpc) is 2.25. The maximum atomic E-state index is 13.3. The van der Waals surface area contributed by atoms with Crippen LogP contribution in [-0.4, -0.2) is 24.3 Å². The fraction of sp³-hybridized carbons (Fsp3) is 0.333. The molecular weight excluding hydrogens is 379 g/mol. The van der Waals surface area contributed by atoms with E-state index in [4.69, 9.17) is 33.9 Å². The largest absolute Gasteiger partial charge is 0.429 e. The van der Waals surface area contributed by atoms with E-state index in [2.05, 4.69) is 4.74 Å². The van der Waals surface area contributed by atoms with Crippen molar-refractivity contribution in [2.75, 3.05) is 0 Å². The SMILES string of the molecule is Cc1cc(OC(F)(F)C(Cl)Cl)c([N+](=O)[O-])cc1S(=O)(=O)Cl. The number of aryl methyl sites for hydroxylation is 1. The number of benzene rings is 1. The Morgan fingerprint density at radius 3 is 2.29 bits per heavy atom. The minimum absolute atomic E-state index is 0.123. The summed E-state index contributed by atoms with van der Waals surface area (Å²) in [4.78, 5) is 6.86. The molecule has 0 aliphatic rings. The molecule has 0 N–H and O–H groups in total. The third-order valence-electron chi connectivity index (χ3n) is 2.22. The first-order chi connectivity index (χ1) is 9.36. The monoisotopic (exact) mass is 383 g/mol. The van der Waals surface area contributed by atoms with Crippen molar-refractivity contribution in [2.45, 2.75) is 22.8 Å². The Balaban J connectivity index is 3.48. The van der Waals surface area contributed by atoms with Gasteiger partial charge in [0.15, 0.2) is 0 Å². The summed E-state index contributed by atoms with van der Waals surface area (Å²) in [7, 11) is 0.801. The molecule has 0 radical (unpaired) electrons. The summed E-state index contributed by atoms with van der Waals surface area (Å²) in [6.45, 7) is 1.20. The number of rotatable bonds is 5. The molecule has 0 saturated carbocycles. The van der Waals surface area contributed by atoms with Crippen LogP contribution in [0, 0.1) is 17.0 Å². The van der Waals surface area contributed by atoms with Crippen LogP contribution in [0.1, 0.15) is 5.56 Å². The van der Waals surface area contributed by atoms with Gasteiger partial charge in [-0.3, -0.25) is 10.1 Å². The van der Waals surface area contributed by atoms with Crippen LogP contribution >= 0.6 is 33.9 Å². The summed E-state index contributed by atoms with van der Waals surface area (Å²) in [6, 6.07) is 1.25. The summed E-state index contributed by atoms with van der Waals surface area (Å²) in [5, 5.41) is 10.8. The summed E-state index contributed by atoms with van der Waals surface area (Å²) in [6.07, 6.45) is -4.11. The van der Waals surface area contributed by atoms with Crippen molar-refractivity contribution >= 4 is 48.6 Å². The van der Waals surface area contributed by atoms with E-state index in [1.54, 1.807) is 0 Å². The number of alkyl halides is 4. The number of nitro groups is 1. The summed E-state index contributed by atoms with van der Waals surface area (Å²) >= 11 is 10.00. The van der Waals surface area contributed by atoms with Gasteiger partial charge in [-0.1, -0.05) is 23.2 Å². The Kier molecular flexibility index (Phi) is 5.25. The minimum atomic E-state index is -4.29. The van der Waals surface area contributed by atoms with Crippen LogP contribution in [0.2, 0.25) is 0 Å². The Morgan fingerprint density at radius 2 is 1.90 bits per heavy atom. The fourth-order valence-electron chi connectivity index (χ4n) is 1.33. The molecule has 12 heteroatoms. The first-order valence-corrected chi connectivity index (χ1v) is 8.13. The highest BCUT2D eigenvalue weighted by Gasteiger charge is 2.42. The van der Waals surface area contributed by atoms with E-state index in [0.29, 0.717) is 6.07 Å².